The van der Waals surface area contributed by atoms with Crippen molar-refractivity contribution < 1.29 is 9.53 Å². The number of aryl methyl sites for hydroxylation is 1. The van der Waals surface area contributed by atoms with Gasteiger partial charge in [0.15, 0.2) is 5.75 Å². The van der Waals surface area contributed by atoms with Crippen molar-refractivity contribution in [2.75, 3.05) is 13.7 Å². The number of amides is 1. The van der Waals surface area contributed by atoms with Crippen molar-refractivity contribution in [3.8, 4) is 5.75 Å². The molecule has 4 rings (SSSR count). The van der Waals surface area contributed by atoms with Gasteiger partial charge in [0.05, 0.1) is 35.1 Å². The van der Waals surface area contributed by atoms with Gasteiger partial charge < -0.3 is 14.6 Å². The van der Waals surface area contributed by atoms with Gasteiger partial charge in [-0.1, -0.05) is 23.2 Å². The van der Waals surface area contributed by atoms with E-state index in [0.717, 1.165) is 27.7 Å². The van der Waals surface area contributed by atoms with E-state index in [1.165, 1.54) is 19.5 Å². The van der Waals surface area contributed by atoms with Crippen LogP contribution in [0.15, 0.2) is 18.5 Å². The SMILES string of the molecule is COc1cnc(C(=O)N2CCc3[nH]c4c(Cl)c(Cl)cc(C)c4c3C2)nc1. The molecule has 0 bridgehead atoms. The predicted molar refractivity (Wildman–Crippen MR) is 100 cm³/mol. The molecular formula is C18H16Cl2N4O2. The number of aromatic nitrogens is 3. The van der Waals surface area contributed by atoms with Gasteiger partial charge in [-0.2, -0.15) is 0 Å². The van der Waals surface area contributed by atoms with Crippen molar-refractivity contribution in [3.05, 3.63) is 51.2 Å². The lowest BCUT2D eigenvalue weighted by Gasteiger charge is -2.26. The third kappa shape index (κ3) is 2.70. The fourth-order valence-corrected chi connectivity index (χ4v) is 3.84. The molecule has 1 aromatic carbocycles. The van der Waals surface area contributed by atoms with Gasteiger partial charge in [0, 0.05) is 36.2 Å². The Morgan fingerprint density at radius 1 is 1.31 bits per heavy atom. The number of carbonyl (C=O) groups excluding carboxylic acids is 1. The summed E-state index contributed by atoms with van der Waals surface area (Å²) >= 11 is 12.6. The summed E-state index contributed by atoms with van der Waals surface area (Å²) in [5.41, 5.74) is 4.02. The minimum Gasteiger partial charge on any atom is -0.494 e. The second kappa shape index (κ2) is 6.45. The molecule has 26 heavy (non-hydrogen) atoms. The highest BCUT2D eigenvalue weighted by atomic mass is 35.5. The second-order valence-electron chi connectivity index (χ2n) is 6.24. The largest absolute Gasteiger partial charge is 0.494 e. The molecule has 1 amide bonds. The van der Waals surface area contributed by atoms with Gasteiger partial charge in [-0.25, -0.2) is 9.97 Å². The van der Waals surface area contributed by atoms with Gasteiger partial charge in [0.1, 0.15) is 0 Å². The van der Waals surface area contributed by atoms with E-state index in [1.54, 1.807) is 4.90 Å². The van der Waals surface area contributed by atoms with E-state index in [0.29, 0.717) is 35.3 Å². The minimum atomic E-state index is -0.203. The monoisotopic (exact) mass is 390 g/mol. The highest BCUT2D eigenvalue weighted by Crippen LogP contribution is 2.38. The van der Waals surface area contributed by atoms with Gasteiger partial charge in [-0.3, -0.25) is 4.79 Å². The Kier molecular flexibility index (Phi) is 4.25. The fraction of sp³-hybridized carbons (Fsp3) is 0.278. The molecule has 0 fully saturated rings. The zero-order chi connectivity index (χ0) is 18.4. The molecule has 1 N–H and O–H groups in total. The smallest absolute Gasteiger partial charge is 0.291 e. The number of nitrogens with zero attached hydrogens (tertiary/aromatic N) is 3. The summed E-state index contributed by atoms with van der Waals surface area (Å²) in [7, 11) is 1.53. The molecule has 0 spiro atoms. The van der Waals surface area contributed by atoms with E-state index in [2.05, 4.69) is 15.0 Å². The van der Waals surface area contributed by atoms with Crippen LogP contribution in [0.3, 0.4) is 0 Å². The van der Waals surface area contributed by atoms with Crippen LogP contribution < -0.4 is 4.74 Å². The Bertz CT molecular complexity index is 1010. The van der Waals surface area contributed by atoms with Crippen LogP contribution in [0.25, 0.3) is 10.9 Å². The van der Waals surface area contributed by atoms with Crippen molar-refractivity contribution in [3.63, 3.8) is 0 Å². The molecule has 3 heterocycles. The lowest BCUT2D eigenvalue weighted by atomic mass is 10.0. The molecule has 0 radical (unpaired) electrons. The summed E-state index contributed by atoms with van der Waals surface area (Å²) in [4.78, 5) is 26.1. The molecule has 0 unspecified atom stereocenters. The molecule has 1 aliphatic heterocycles. The number of hydrogen-bond donors (Lipinski definition) is 1. The second-order valence-corrected chi connectivity index (χ2v) is 7.03. The van der Waals surface area contributed by atoms with Gasteiger partial charge in [-0.05, 0) is 18.6 Å². The molecule has 0 aliphatic carbocycles. The fourth-order valence-electron chi connectivity index (χ4n) is 3.39. The standard InChI is InChI=1S/C18H16Cl2N4O2/c1-9-5-12(19)15(20)16-14(9)11-8-24(4-3-13(11)23-16)18(25)17-21-6-10(26-2)7-22-17/h5-7,23H,3-4,8H2,1-2H3. The number of benzene rings is 1. The molecule has 8 heteroatoms. The maximum atomic E-state index is 12.8. The Balaban J connectivity index is 1.70. The third-order valence-electron chi connectivity index (χ3n) is 4.68. The summed E-state index contributed by atoms with van der Waals surface area (Å²) in [6, 6.07) is 1.85. The van der Waals surface area contributed by atoms with E-state index in [-0.39, 0.29) is 11.7 Å². The zero-order valence-corrected chi connectivity index (χ0v) is 15.8. The van der Waals surface area contributed by atoms with Crippen molar-refractivity contribution in [1.29, 1.82) is 0 Å². The number of halogens is 2. The molecule has 0 saturated carbocycles. The van der Waals surface area contributed by atoms with Crippen LogP contribution in [0.1, 0.15) is 27.4 Å². The normalized spacial score (nSPS) is 13.8. The maximum Gasteiger partial charge on any atom is 0.291 e. The van der Waals surface area contributed by atoms with Crippen molar-refractivity contribution >= 4 is 40.0 Å². The van der Waals surface area contributed by atoms with E-state index in [1.807, 2.05) is 13.0 Å². The topological polar surface area (TPSA) is 71.1 Å². The van der Waals surface area contributed by atoms with E-state index in [9.17, 15) is 4.79 Å². The third-order valence-corrected chi connectivity index (χ3v) is 5.47. The average Bonchev–Trinajstić information content (AvgIpc) is 3.05. The summed E-state index contributed by atoms with van der Waals surface area (Å²) in [5, 5.41) is 2.07. The van der Waals surface area contributed by atoms with Gasteiger partial charge in [-0.15, -0.1) is 0 Å². The molecular weight excluding hydrogens is 375 g/mol. The Morgan fingerprint density at radius 2 is 2.04 bits per heavy atom. The summed E-state index contributed by atoms with van der Waals surface area (Å²) in [6.07, 6.45) is 3.69. The van der Waals surface area contributed by atoms with Crippen LogP contribution in [0, 0.1) is 6.92 Å². The van der Waals surface area contributed by atoms with Crippen molar-refractivity contribution in [2.45, 2.75) is 19.9 Å². The van der Waals surface area contributed by atoms with Crippen LogP contribution in [0.5, 0.6) is 5.75 Å². The minimum absolute atomic E-state index is 0.159. The number of fused-ring (bicyclic) bond motifs is 3. The van der Waals surface area contributed by atoms with Crippen LogP contribution >= 0.6 is 23.2 Å². The first-order valence-electron chi connectivity index (χ1n) is 8.13. The molecule has 3 aromatic rings. The number of ether oxygens (including phenoxy) is 1. The van der Waals surface area contributed by atoms with Gasteiger partial charge in [0.25, 0.3) is 5.91 Å². The molecule has 6 nitrogen and oxygen atoms in total. The zero-order valence-electron chi connectivity index (χ0n) is 14.3. The van der Waals surface area contributed by atoms with E-state index >= 15 is 0 Å². The lowest BCUT2D eigenvalue weighted by Crippen LogP contribution is -2.36. The predicted octanol–water partition coefficient (Wildman–Crippen LogP) is 3.78. The number of H-pyrrole nitrogens is 1. The molecule has 0 saturated heterocycles. The highest BCUT2D eigenvalue weighted by Gasteiger charge is 2.27. The quantitative estimate of drug-likeness (QED) is 0.722. The number of hydrogen-bond acceptors (Lipinski definition) is 4. The van der Waals surface area contributed by atoms with Crippen LogP contribution in [0.4, 0.5) is 0 Å². The van der Waals surface area contributed by atoms with Crippen LogP contribution in [-0.2, 0) is 13.0 Å². The van der Waals surface area contributed by atoms with Crippen LogP contribution in [-0.4, -0.2) is 39.4 Å². The first kappa shape index (κ1) is 17.1. The number of carbonyl (C=O) groups is 1. The Morgan fingerprint density at radius 3 is 2.73 bits per heavy atom. The van der Waals surface area contributed by atoms with Gasteiger partial charge in [0.2, 0.25) is 5.82 Å². The van der Waals surface area contributed by atoms with E-state index < -0.39 is 0 Å². The molecule has 2 aromatic heterocycles. The van der Waals surface area contributed by atoms with E-state index in [4.69, 9.17) is 27.9 Å². The number of methoxy groups -OCH3 is 1. The first-order chi connectivity index (χ1) is 12.5. The van der Waals surface area contributed by atoms with Crippen molar-refractivity contribution in [2.24, 2.45) is 0 Å². The molecule has 134 valence electrons. The van der Waals surface area contributed by atoms with Crippen molar-refractivity contribution in [1.82, 2.24) is 19.9 Å². The van der Waals surface area contributed by atoms with Crippen LogP contribution in [0.2, 0.25) is 10.0 Å². The summed E-state index contributed by atoms with van der Waals surface area (Å²) in [6.45, 7) is 3.05. The maximum absolute atomic E-state index is 12.8. The highest BCUT2D eigenvalue weighted by molar-refractivity contribution is 6.45. The molecule has 1 aliphatic rings. The van der Waals surface area contributed by atoms with Gasteiger partial charge >= 0.3 is 0 Å². The molecule has 0 atom stereocenters. The Labute approximate surface area is 160 Å². The number of aromatic amines is 1. The number of rotatable bonds is 2. The first-order valence-corrected chi connectivity index (χ1v) is 8.88. The summed E-state index contributed by atoms with van der Waals surface area (Å²) in [5.74, 6) is 0.471. The average molecular weight is 391 g/mol. The lowest BCUT2D eigenvalue weighted by molar-refractivity contribution is 0.0722. The Hall–Kier alpha value is -2.31. The number of nitrogens with one attached hydrogen (secondary N) is 1. The summed E-state index contributed by atoms with van der Waals surface area (Å²) < 4.78 is 5.04.